The highest BCUT2D eigenvalue weighted by Gasteiger charge is 2.42. The Labute approximate surface area is 155 Å². The van der Waals surface area contributed by atoms with E-state index < -0.39 is 11.7 Å². The van der Waals surface area contributed by atoms with E-state index in [1.807, 2.05) is 12.1 Å². The Morgan fingerprint density at radius 3 is 2.44 bits per heavy atom. The number of halogens is 3. The van der Waals surface area contributed by atoms with Crippen LogP contribution in [0.3, 0.4) is 0 Å². The Morgan fingerprint density at radius 2 is 1.78 bits per heavy atom. The van der Waals surface area contributed by atoms with Crippen molar-refractivity contribution in [1.29, 1.82) is 0 Å². The van der Waals surface area contributed by atoms with E-state index in [0.29, 0.717) is 12.0 Å². The molecule has 4 rings (SSSR count). The summed E-state index contributed by atoms with van der Waals surface area (Å²) in [5.74, 6) is 0.416. The molecule has 2 aliphatic rings. The van der Waals surface area contributed by atoms with Crippen LogP contribution in [0.5, 0.6) is 5.75 Å². The van der Waals surface area contributed by atoms with Crippen molar-refractivity contribution in [2.75, 3.05) is 11.9 Å². The molecular weight excluding hydrogens is 355 g/mol. The quantitative estimate of drug-likeness (QED) is 0.685. The maximum absolute atomic E-state index is 13.2. The van der Waals surface area contributed by atoms with Crippen molar-refractivity contribution < 1.29 is 23.4 Å². The molecule has 6 heteroatoms. The molecule has 1 saturated carbocycles. The minimum Gasteiger partial charge on any atom is -0.508 e. The number of aliphatic hydroxyl groups is 1. The third kappa shape index (κ3) is 3.38. The van der Waals surface area contributed by atoms with E-state index >= 15 is 0 Å². The standard InChI is InChI=1S/C21H22F3NO2/c22-21(23,24)14-4-8-19-18(10-14)17-9-12(11-26)1-7-16(17)20(25-19)13-2-5-15(27)6-3-13/h2-6,8,10,12,16-17,20,25-27H,1,7,9,11H2/t12-,16-,17+,20-/m1/s1. The molecule has 0 radical (unpaired) electrons. The molecule has 2 aromatic carbocycles. The average Bonchev–Trinajstić information content (AvgIpc) is 2.66. The van der Waals surface area contributed by atoms with Crippen molar-refractivity contribution >= 4 is 5.69 Å². The highest BCUT2D eigenvalue weighted by Crippen LogP contribution is 2.53. The first-order valence-electron chi connectivity index (χ1n) is 9.24. The van der Waals surface area contributed by atoms with E-state index in [9.17, 15) is 23.4 Å². The largest absolute Gasteiger partial charge is 0.508 e. The van der Waals surface area contributed by atoms with Crippen LogP contribution in [0.25, 0.3) is 0 Å². The lowest BCUT2D eigenvalue weighted by atomic mass is 9.65. The summed E-state index contributed by atoms with van der Waals surface area (Å²) in [5.41, 5.74) is 1.80. The van der Waals surface area contributed by atoms with Crippen molar-refractivity contribution in [3.8, 4) is 5.75 Å². The first-order chi connectivity index (χ1) is 12.9. The normalized spacial score (nSPS) is 27.4. The number of benzene rings is 2. The summed E-state index contributed by atoms with van der Waals surface area (Å²) in [5, 5.41) is 22.6. The molecule has 1 aliphatic carbocycles. The third-order valence-electron chi connectivity index (χ3n) is 6.04. The SMILES string of the molecule is OC[C@@H]1CC[C@@H]2[C@H](C1)c1cc(C(F)(F)F)ccc1N[C@@H]2c1ccc(O)cc1. The summed E-state index contributed by atoms with van der Waals surface area (Å²) in [6.07, 6.45) is -1.98. The summed E-state index contributed by atoms with van der Waals surface area (Å²) in [4.78, 5) is 0. The number of fused-ring (bicyclic) bond motifs is 3. The van der Waals surface area contributed by atoms with Gasteiger partial charge in [-0.2, -0.15) is 13.2 Å². The van der Waals surface area contributed by atoms with E-state index in [-0.39, 0.29) is 36.2 Å². The van der Waals surface area contributed by atoms with Gasteiger partial charge in [-0.25, -0.2) is 0 Å². The zero-order valence-electron chi connectivity index (χ0n) is 14.7. The molecule has 2 aromatic rings. The number of phenols is 1. The maximum Gasteiger partial charge on any atom is 0.416 e. The van der Waals surface area contributed by atoms with Crippen LogP contribution in [0.1, 0.15) is 47.9 Å². The van der Waals surface area contributed by atoms with E-state index in [0.717, 1.165) is 30.2 Å². The zero-order chi connectivity index (χ0) is 19.2. The molecule has 0 amide bonds. The number of anilines is 1. The molecule has 4 atom stereocenters. The summed E-state index contributed by atoms with van der Waals surface area (Å²) < 4.78 is 39.7. The van der Waals surface area contributed by atoms with Gasteiger partial charge >= 0.3 is 6.18 Å². The van der Waals surface area contributed by atoms with Crippen molar-refractivity contribution in [3.05, 3.63) is 59.2 Å². The molecule has 144 valence electrons. The van der Waals surface area contributed by atoms with E-state index in [4.69, 9.17) is 0 Å². The lowest BCUT2D eigenvalue weighted by Crippen LogP contribution is -2.36. The summed E-state index contributed by atoms with van der Waals surface area (Å²) in [6, 6.07) is 10.9. The fraction of sp³-hybridized carbons (Fsp3) is 0.429. The molecule has 3 N–H and O–H groups in total. The van der Waals surface area contributed by atoms with Crippen molar-refractivity contribution in [2.45, 2.75) is 37.4 Å². The predicted octanol–water partition coefficient (Wildman–Crippen LogP) is 5.07. The molecule has 0 spiro atoms. The van der Waals surface area contributed by atoms with E-state index in [1.54, 1.807) is 12.1 Å². The lowest BCUT2D eigenvalue weighted by Gasteiger charge is -2.46. The third-order valence-corrected chi connectivity index (χ3v) is 6.04. The van der Waals surface area contributed by atoms with Gasteiger partial charge in [-0.3, -0.25) is 0 Å². The molecule has 0 aromatic heterocycles. The molecule has 1 heterocycles. The number of aliphatic hydroxyl groups excluding tert-OH is 1. The van der Waals surface area contributed by atoms with Crippen molar-refractivity contribution in [2.24, 2.45) is 11.8 Å². The van der Waals surface area contributed by atoms with Crippen LogP contribution in [-0.2, 0) is 6.18 Å². The van der Waals surface area contributed by atoms with Crippen molar-refractivity contribution in [1.82, 2.24) is 0 Å². The number of rotatable bonds is 2. The van der Waals surface area contributed by atoms with Gasteiger partial charge in [0.15, 0.2) is 0 Å². The molecule has 27 heavy (non-hydrogen) atoms. The van der Waals surface area contributed by atoms with Gasteiger partial charge in [-0.15, -0.1) is 0 Å². The zero-order valence-corrected chi connectivity index (χ0v) is 14.7. The minimum atomic E-state index is -4.37. The topological polar surface area (TPSA) is 52.5 Å². The second-order valence-corrected chi connectivity index (χ2v) is 7.65. The molecule has 1 aliphatic heterocycles. The molecular formula is C21H22F3NO2. The minimum absolute atomic E-state index is 0.0283. The molecule has 3 nitrogen and oxygen atoms in total. The average molecular weight is 377 g/mol. The highest BCUT2D eigenvalue weighted by molar-refractivity contribution is 5.59. The van der Waals surface area contributed by atoms with Crippen LogP contribution in [0.2, 0.25) is 0 Å². The number of nitrogens with one attached hydrogen (secondary N) is 1. The van der Waals surface area contributed by atoms with E-state index in [1.165, 1.54) is 12.1 Å². The second kappa shape index (κ2) is 6.75. The van der Waals surface area contributed by atoms with Crippen LogP contribution < -0.4 is 5.32 Å². The summed E-state index contributed by atoms with van der Waals surface area (Å²) in [6.45, 7) is 0.0643. The van der Waals surface area contributed by atoms with Gasteiger partial charge in [-0.05, 0) is 78.5 Å². The van der Waals surface area contributed by atoms with Crippen molar-refractivity contribution in [3.63, 3.8) is 0 Å². The Hall–Kier alpha value is -2.21. The summed E-state index contributed by atoms with van der Waals surface area (Å²) in [7, 11) is 0. The number of phenolic OH excluding ortho intramolecular Hbond substituents is 1. The monoisotopic (exact) mass is 377 g/mol. The molecule has 0 saturated heterocycles. The maximum atomic E-state index is 13.2. The van der Waals surface area contributed by atoms with Crippen LogP contribution in [-0.4, -0.2) is 16.8 Å². The fourth-order valence-electron chi connectivity index (χ4n) is 4.67. The van der Waals surface area contributed by atoms with Crippen LogP contribution in [0.4, 0.5) is 18.9 Å². The second-order valence-electron chi connectivity index (χ2n) is 7.65. The lowest BCUT2D eigenvalue weighted by molar-refractivity contribution is -0.137. The predicted molar refractivity (Wildman–Crippen MR) is 96.6 cm³/mol. The molecule has 0 bridgehead atoms. The summed E-state index contributed by atoms with van der Waals surface area (Å²) >= 11 is 0. The van der Waals surface area contributed by atoms with Crippen LogP contribution in [0, 0.1) is 11.8 Å². The van der Waals surface area contributed by atoms with Gasteiger partial charge in [0.2, 0.25) is 0 Å². The van der Waals surface area contributed by atoms with Gasteiger partial charge in [-0.1, -0.05) is 12.1 Å². The first kappa shape index (κ1) is 18.2. The van der Waals surface area contributed by atoms with Crippen LogP contribution >= 0.6 is 0 Å². The van der Waals surface area contributed by atoms with Gasteiger partial charge in [0.05, 0.1) is 11.6 Å². The van der Waals surface area contributed by atoms with Gasteiger partial charge in [0, 0.05) is 12.3 Å². The van der Waals surface area contributed by atoms with Gasteiger partial charge in [0.25, 0.3) is 0 Å². The first-order valence-corrected chi connectivity index (χ1v) is 9.24. The molecule has 1 fully saturated rings. The molecule has 0 unspecified atom stereocenters. The Bertz CT molecular complexity index is 819. The van der Waals surface area contributed by atoms with Gasteiger partial charge in [0.1, 0.15) is 5.75 Å². The van der Waals surface area contributed by atoms with Crippen LogP contribution in [0.15, 0.2) is 42.5 Å². The Balaban J connectivity index is 1.76. The number of alkyl halides is 3. The number of hydrogen-bond acceptors (Lipinski definition) is 3. The fourth-order valence-corrected chi connectivity index (χ4v) is 4.67. The Kier molecular flexibility index (Phi) is 4.54. The smallest absolute Gasteiger partial charge is 0.416 e. The van der Waals surface area contributed by atoms with E-state index in [2.05, 4.69) is 5.32 Å². The highest BCUT2D eigenvalue weighted by atomic mass is 19.4. The number of hydrogen-bond donors (Lipinski definition) is 3. The number of aromatic hydroxyl groups is 1. The Morgan fingerprint density at radius 1 is 1.04 bits per heavy atom. The van der Waals surface area contributed by atoms with Gasteiger partial charge < -0.3 is 15.5 Å².